The number of phenolic OH excluding ortho intramolecular Hbond substituents is 1. The third-order valence-electron chi connectivity index (χ3n) is 2.98. The summed E-state index contributed by atoms with van der Waals surface area (Å²) in [4.78, 5) is 12.0. The Morgan fingerprint density at radius 2 is 1.82 bits per heavy atom. The van der Waals surface area contributed by atoms with Crippen molar-refractivity contribution in [3.05, 3.63) is 54.1 Å². The molecule has 114 valence electrons. The van der Waals surface area contributed by atoms with Crippen molar-refractivity contribution >= 4 is 17.7 Å². The van der Waals surface area contributed by atoms with Gasteiger partial charge in [0.05, 0.1) is 19.9 Å². The van der Waals surface area contributed by atoms with E-state index >= 15 is 0 Å². The predicted octanol–water partition coefficient (Wildman–Crippen LogP) is 3.06. The molecule has 5 nitrogen and oxygen atoms in total. The molecule has 0 aliphatic heterocycles. The molecule has 2 rings (SSSR count). The molecule has 22 heavy (non-hydrogen) atoms. The normalized spacial score (nSPS) is 10.5. The summed E-state index contributed by atoms with van der Waals surface area (Å²) in [6.45, 7) is 0. The number of benzene rings is 2. The van der Waals surface area contributed by atoms with Crippen molar-refractivity contribution < 1.29 is 19.4 Å². The van der Waals surface area contributed by atoms with Crippen molar-refractivity contribution in [3.8, 4) is 17.2 Å². The summed E-state index contributed by atoms with van der Waals surface area (Å²) >= 11 is 0. The number of hydrogen-bond donors (Lipinski definition) is 2. The molecule has 0 unspecified atom stereocenters. The first-order chi connectivity index (χ1) is 10.6. The maximum Gasteiger partial charge on any atom is 0.248 e. The molecule has 0 spiro atoms. The van der Waals surface area contributed by atoms with Crippen molar-refractivity contribution in [3.63, 3.8) is 0 Å². The van der Waals surface area contributed by atoms with Gasteiger partial charge < -0.3 is 19.9 Å². The molecule has 0 atom stereocenters. The number of ether oxygens (including phenoxy) is 2. The standard InChI is InChI=1S/C17H17NO4/c1-21-14-8-9-16(22-2)15(11-14)18-17(20)10-5-12-3-6-13(19)7-4-12/h3-11,19H,1-2H3,(H,18,20)/b10-5+. The van der Waals surface area contributed by atoms with Crippen LogP contribution in [0.5, 0.6) is 17.2 Å². The number of methoxy groups -OCH3 is 2. The Kier molecular flexibility index (Phi) is 5.03. The van der Waals surface area contributed by atoms with Gasteiger partial charge in [0.2, 0.25) is 5.91 Å². The van der Waals surface area contributed by atoms with Gasteiger partial charge in [-0.3, -0.25) is 4.79 Å². The molecule has 0 aliphatic carbocycles. The monoisotopic (exact) mass is 299 g/mol. The van der Waals surface area contributed by atoms with Crippen LogP contribution in [0.15, 0.2) is 48.5 Å². The van der Waals surface area contributed by atoms with E-state index in [1.807, 2.05) is 0 Å². The predicted molar refractivity (Wildman–Crippen MR) is 85.3 cm³/mol. The van der Waals surface area contributed by atoms with Gasteiger partial charge in [-0.15, -0.1) is 0 Å². The maximum atomic E-state index is 12.0. The molecule has 0 saturated carbocycles. The van der Waals surface area contributed by atoms with E-state index in [0.717, 1.165) is 5.56 Å². The molecule has 0 saturated heterocycles. The lowest BCUT2D eigenvalue weighted by Gasteiger charge is -2.10. The first-order valence-corrected chi connectivity index (χ1v) is 6.62. The van der Waals surface area contributed by atoms with Gasteiger partial charge >= 0.3 is 0 Å². The molecular formula is C17H17NO4. The summed E-state index contributed by atoms with van der Waals surface area (Å²) in [6, 6.07) is 11.7. The van der Waals surface area contributed by atoms with Gasteiger partial charge in [-0.2, -0.15) is 0 Å². The van der Waals surface area contributed by atoms with Crippen LogP contribution in [-0.4, -0.2) is 25.2 Å². The minimum Gasteiger partial charge on any atom is -0.508 e. The van der Waals surface area contributed by atoms with Crippen LogP contribution >= 0.6 is 0 Å². The van der Waals surface area contributed by atoms with Crippen LogP contribution in [0.1, 0.15) is 5.56 Å². The zero-order valence-corrected chi connectivity index (χ0v) is 12.4. The number of nitrogens with one attached hydrogen (secondary N) is 1. The maximum absolute atomic E-state index is 12.0. The second kappa shape index (κ2) is 7.17. The topological polar surface area (TPSA) is 67.8 Å². The van der Waals surface area contributed by atoms with Crippen molar-refractivity contribution in [2.24, 2.45) is 0 Å². The fourth-order valence-electron chi connectivity index (χ4n) is 1.84. The fraction of sp³-hybridized carbons (Fsp3) is 0.118. The van der Waals surface area contributed by atoms with Gasteiger partial charge in [0.15, 0.2) is 0 Å². The number of aromatic hydroxyl groups is 1. The van der Waals surface area contributed by atoms with E-state index in [4.69, 9.17) is 9.47 Å². The number of phenols is 1. The number of amides is 1. The van der Waals surface area contributed by atoms with E-state index in [1.54, 1.807) is 55.7 Å². The molecule has 0 aliphatic rings. The summed E-state index contributed by atoms with van der Waals surface area (Å²) in [7, 11) is 3.09. The molecule has 5 heteroatoms. The van der Waals surface area contributed by atoms with Crippen LogP contribution in [0, 0.1) is 0 Å². The quantitative estimate of drug-likeness (QED) is 0.833. The van der Waals surface area contributed by atoms with Gasteiger partial charge in [-0.05, 0) is 35.9 Å². The molecule has 0 bridgehead atoms. The smallest absolute Gasteiger partial charge is 0.248 e. The van der Waals surface area contributed by atoms with Gasteiger partial charge in [0, 0.05) is 12.1 Å². The highest BCUT2D eigenvalue weighted by atomic mass is 16.5. The van der Waals surface area contributed by atoms with Crippen LogP contribution in [0.2, 0.25) is 0 Å². The van der Waals surface area contributed by atoms with Crippen molar-refractivity contribution in [2.75, 3.05) is 19.5 Å². The number of carbonyl (C=O) groups is 1. The van der Waals surface area contributed by atoms with Gasteiger partial charge in [0.25, 0.3) is 0 Å². The molecule has 2 aromatic rings. The van der Waals surface area contributed by atoms with E-state index in [2.05, 4.69) is 5.32 Å². The third kappa shape index (κ3) is 4.02. The van der Waals surface area contributed by atoms with E-state index in [-0.39, 0.29) is 11.7 Å². The molecule has 2 aromatic carbocycles. The minimum absolute atomic E-state index is 0.183. The SMILES string of the molecule is COc1ccc(OC)c(NC(=O)/C=C/c2ccc(O)cc2)c1. The van der Waals surface area contributed by atoms with Crippen LogP contribution in [-0.2, 0) is 4.79 Å². The molecule has 0 fully saturated rings. The Balaban J connectivity index is 2.09. The first kappa shape index (κ1) is 15.4. The zero-order chi connectivity index (χ0) is 15.9. The van der Waals surface area contributed by atoms with Crippen molar-refractivity contribution in [1.29, 1.82) is 0 Å². The summed E-state index contributed by atoms with van der Waals surface area (Å²) in [5.74, 6) is 1.06. The highest BCUT2D eigenvalue weighted by Crippen LogP contribution is 2.28. The van der Waals surface area contributed by atoms with E-state index < -0.39 is 0 Å². The highest BCUT2D eigenvalue weighted by molar-refractivity contribution is 6.02. The number of hydrogen-bond acceptors (Lipinski definition) is 4. The molecular weight excluding hydrogens is 282 g/mol. The average molecular weight is 299 g/mol. The Labute approximate surface area is 128 Å². The summed E-state index contributed by atoms with van der Waals surface area (Å²) < 4.78 is 10.3. The average Bonchev–Trinajstić information content (AvgIpc) is 2.54. The van der Waals surface area contributed by atoms with E-state index in [0.29, 0.717) is 17.2 Å². The largest absolute Gasteiger partial charge is 0.508 e. The van der Waals surface area contributed by atoms with Crippen molar-refractivity contribution in [2.45, 2.75) is 0 Å². The molecule has 0 heterocycles. The van der Waals surface area contributed by atoms with Gasteiger partial charge in [-0.25, -0.2) is 0 Å². The second-order valence-electron chi connectivity index (χ2n) is 4.48. The number of carbonyl (C=O) groups excluding carboxylic acids is 1. The summed E-state index contributed by atoms with van der Waals surface area (Å²) in [5.41, 5.74) is 1.34. The van der Waals surface area contributed by atoms with E-state index in [9.17, 15) is 9.90 Å². The first-order valence-electron chi connectivity index (χ1n) is 6.62. The zero-order valence-electron chi connectivity index (χ0n) is 12.4. The number of anilines is 1. The molecule has 2 N–H and O–H groups in total. The Hall–Kier alpha value is -2.95. The van der Waals surface area contributed by atoms with Crippen molar-refractivity contribution in [1.82, 2.24) is 0 Å². The third-order valence-corrected chi connectivity index (χ3v) is 2.98. The van der Waals surface area contributed by atoms with Crippen LogP contribution in [0.3, 0.4) is 0 Å². The van der Waals surface area contributed by atoms with E-state index in [1.165, 1.54) is 13.2 Å². The molecule has 1 amide bonds. The Morgan fingerprint density at radius 3 is 2.45 bits per heavy atom. The lowest BCUT2D eigenvalue weighted by atomic mass is 10.2. The summed E-state index contributed by atoms with van der Waals surface area (Å²) in [5, 5.41) is 11.9. The number of rotatable bonds is 5. The Bertz CT molecular complexity index is 678. The minimum atomic E-state index is -0.292. The Morgan fingerprint density at radius 1 is 1.09 bits per heavy atom. The van der Waals surface area contributed by atoms with Crippen LogP contribution in [0.25, 0.3) is 6.08 Å². The fourth-order valence-corrected chi connectivity index (χ4v) is 1.84. The van der Waals surface area contributed by atoms with Crippen LogP contribution in [0.4, 0.5) is 5.69 Å². The highest BCUT2D eigenvalue weighted by Gasteiger charge is 2.07. The second-order valence-corrected chi connectivity index (χ2v) is 4.48. The van der Waals surface area contributed by atoms with Crippen LogP contribution < -0.4 is 14.8 Å². The summed E-state index contributed by atoms with van der Waals surface area (Å²) in [6.07, 6.45) is 3.06. The lowest BCUT2D eigenvalue weighted by molar-refractivity contribution is -0.111. The molecule has 0 radical (unpaired) electrons. The lowest BCUT2D eigenvalue weighted by Crippen LogP contribution is -2.09. The van der Waals surface area contributed by atoms with Gasteiger partial charge in [-0.1, -0.05) is 12.1 Å². The molecule has 0 aromatic heterocycles. The van der Waals surface area contributed by atoms with Gasteiger partial charge in [0.1, 0.15) is 17.2 Å².